The van der Waals surface area contributed by atoms with Gasteiger partial charge in [0.05, 0.1) is 17.6 Å². The molecular weight excluding hydrogens is 360 g/mol. The summed E-state index contributed by atoms with van der Waals surface area (Å²) in [5, 5.41) is 0. The molecule has 1 aliphatic rings. The zero-order valence-corrected chi connectivity index (χ0v) is 16.1. The summed E-state index contributed by atoms with van der Waals surface area (Å²) in [5.41, 5.74) is 2.78. The van der Waals surface area contributed by atoms with Crippen LogP contribution in [-0.2, 0) is 12.5 Å². The first kappa shape index (κ1) is 18.6. The van der Waals surface area contributed by atoms with Crippen molar-refractivity contribution < 1.29 is 13.6 Å². The standard InChI is InChI=1S/C22H23F2N3O/c1-15(28)16-9-10-20-19(13-16)25-21(26-11-5-6-12-26)27(20)14-17-7-3-4-8-18(17)22(2,23)24/h3-4,7-10,13H,5-6,11-12,14H2,1-2H3. The topological polar surface area (TPSA) is 38.1 Å². The highest BCUT2D eigenvalue weighted by Gasteiger charge is 2.28. The molecule has 1 fully saturated rings. The molecule has 0 aliphatic carbocycles. The van der Waals surface area contributed by atoms with Crippen LogP contribution in [0.25, 0.3) is 11.0 Å². The summed E-state index contributed by atoms with van der Waals surface area (Å²) in [6.45, 7) is 4.56. The van der Waals surface area contributed by atoms with Gasteiger partial charge in [-0.25, -0.2) is 13.8 Å². The van der Waals surface area contributed by atoms with E-state index in [9.17, 15) is 13.6 Å². The minimum atomic E-state index is -2.91. The Labute approximate surface area is 162 Å². The third-order valence-electron chi connectivity index (χ3n) is 5.34. The summed E-state index contributed by atoms with van der Waals surface area (Å²) in [6.07, 6.45) is 2.18. The van der Waals surface area contributed by atoms with E-state index in [1.54, 1.807) is 30.3 Å². The first-order valence-corrected chi connectivity index (χ1v) is 9.57. The summed E-state index contributed by atoms with van der Waals surface area (Å²) < 4.78 is 30.3. The zero-order chi connectivity index (χ0) is 19.9. The van der Waals surface area contributed by atoms with Crippen LogP contribution >= 0.6 is 0 Å². The number of hydrogen-bond acceptors (Lipinski definition) is 3. The van der Waals surface area contributed by atoms with Gasteiger partial charge < -0.3 is 9.47 Å². The smallest absolute Gasteiger partial charge is 0.270 e. The van der Waals surface area contributed by atoms with Gasteiger partial charge in [-0.2, -0.15) is 0 Å². The van der Waals surface area contributed by atoms with Crippen molar-refractivity contribution in [3.05, 3.63) is 59.2 Å². The highest BCUT2D eigenvalue weighted by molar-refractivity contribution is 5.97. The number of aromatic nitrogens is 2. The molecule has 4 nitrogen and oxygen atoms in total. The maximum Gasteiger partial charge on any atom is 0.270 e. The Hall–Kier alpha value is -2.76. The van der Waals surface area contributed by atoms with Gasteiger partial charge in [-0.3, -0.25) is 4.79 Å². The highest BCUT2D eigenvalue weighted by Crippen LogP contribution is 2.33. The second-order valence-corrected chi connectivity index (χ2v) is 7.50. The SMILES string of the molecule is CC(=O)c1ccc2c(c1)nc(N1CCCC1)n2Cc1ccccc1C(C)(F)F. The van der Waals surface area contributed by atoms with Crippen molar-refractivity contribution in [2.45, 2.75) is 39.2 Å². The quantitative estimate of drug-likeness (QED) is 0.582. The van der Waals surface area contributed by atoms with Crippen LogP contribution in [-0.4, -0.2) is 28.4 Å². The van der Waals surface area contributed by atoms with Gasteiger partial charge in [-0.15, -0.1) is 0 Å². The zero-order valence-electron chi connectivity index (χ0n) is 16.1. The van der Waals surface area contributed by atoms with Crippen LogP contribution in [0.15, 0.2) is 42.5 Å². The van der Waals surface area contributed by atoms with Gasteiger partial charge >= 0.3 is 0 Å². The van der Waals surface area contributed by atoms with Gasteiger partial charge in [0.25, 0.3) is 5.92 Å². The van der Waals surface area contributed by atoms with E-state index in [-0.39, 0.29) is 11.3 Å². The van der Waals surface area contributed by atoms with Crippen LogP contribution < -0.4 is 4.90 Å². The lowest BCUT2D eigenvalue weighted by Gasteiger charge is -2.21. The van der Waals surface area contributed by atoms with Crippen LogP contribution in [0, 0.1) is 0 Å². The molecule has 0 spiro atoms. The molecule has 0 amide bonds. The van der Waals surface area contributed by atoms with Crippen LogP contribution in [0.5, 0.6) is 0 Å². The van der Waals surface area contributed by atoms with E-state index in [0.29, 0.717) is 17.7 Å². The number of hydrogen-bond donors (Lipinski definition) is 0. The van der Waals surface area contributed by atoms with Gasteiger partial charge in [0, 0.05) is 31.1 Å². The van der Waals surface area contributed by atoms with E-state index in [1.807, 2.05) is 10.6 Å². The summed E-state index contributed by atoms with van der Waals surface area (Å²) in [4.78, 5) is 18.7. The van der Waals surface area contributed by atoms with E-state index in [0.717, 1.165) is 49.8 Å². The van der Waals surface area contributed by atoms with Crippen molar-refractivity contribution in [2.24, 2.45) is 0 Å². The number of Topliss-reactive ketones (excluding diaryl/α,β-unsaturated/α-hetero) is 1. The number of anilines is 1. The number of fused-ring (bicyclic) bond motifs is 1. The Kier molecular flexibility index (Phi) is 4.65. The summed E-state index contributed by atoms with van der Waals surface area (Å²) >= 11 is 0. The lowest BCUT2D eigenvalue weighted by atomic mass is 10.0. The highest BCUT2D eigenvalue weighted by atomic mass is 19.3. The lowest BCUT2D eigenvalue weighted by molar-refractivity contribution is 0.0165. The predicted octanol–water partition coefficient (Wildman–Crippen LogP) is 5.00. The number of benzene rings is 2. The molecule has 2 heterocycles. The van der Waals surface area contributed by atoms with Gasteiger partial charge in [0.2, 0.25) is 5.95 Å². The Morgan fingerprint density at radius 2 is 1.86 bits per heavy atom. The number of nitrogens with zero attached hydrogens (tertiary/aromatic N) is 3. The second kappa shape index (κ2) is 7.00. The molecule has 0 N–H and O–H groups in total. The first-order chi connectivity index (χ1) is 13.3. The minimum Gasteiger partial charge on any atom is -0.342 e. The molecule has 0 saturated carbocycles. The predicted molar refractivity (Wildman–Crippen MR) is 106 cm³/mol. The number of rotatable bonds is 5. The molecule has 0 radical (unpaired) electrons. The van der Waals surface area contributed by atoms with E-state index >= 15 is 0 Å². The van der Waals surface area contributed by atoms with Crippen molar-refractivity contribution in [2.75, 3.05) is 18.0 Å². The Morgan fingerprint density at radius 1 is 1.14 bits per heavy atom. The molecule has 146 valence electrons. The molecule has 0 unspecified atom stereocenters. The molecule has 28 heavy (non-hydrogen) atoms. The van der Waals surface area contributed by atoms with Gasteiger partial charge in [0.1, 0.15) is 0 Å². The Bertz CT molecular complexity index is 1030. The summed E-state index contributed by atoms with van der Waals surface area (Å²) in [5.74, 6) is -2.15. The van der Waals surface area contributed by atoms with E-state index in [1.165, 1.54) is 13.0 Å². The van der Waals surface area contributed by atoms with Gasteiger partial charge in [-0.1, -0.05) is 24.3 Å². The fourth-order valence-corrected chi connectivity index (χ4v) is 3.91. The average Bonchev–Trinajstić information content (AvgIpc) is 3.29. The molecule has 1 saturated heterocycles. The molecule has 3 aromatic rings. The normalized spacial score (nSPS) is 14.8. The molecule has 1 aromatic heterocycles. The van der Waals surface area contributed by atoms with Crippen LogP contribution in [0.2, 0.25) is 0 Å². The van der Waals surface area contributed by atoms with Crippen molar-refractivity contribution >= 4 is 22.8 Å². The summed E-state index contributed by atoms with van der Waals surface area (Å²) in [6, 6.07) is 12.1. The lowest BCUT2D eigenvalue weighted by Crippen LogP contribution is -2.23. The number of carbonyl (C=O) groups excluding carboxylic acids is 1. The minimum absolute atomic E-state index is 0.0184. The average molecular weight is 383 g/mol. The van der Waals surface area contributed by atoms with Crippen molar-refractivity contribution in [1.82, 2.24) is 9.55 Å². The third kappa shape index (κ3) is 3.39. The molecule has 0 bridgehead atoms. The van der Waals surface area contributed by atoms with Gasteiger partial charge in [-0.05, 0) is 43.5 Å². The number of halogens is 2. The maximum atomic E-state index is 14.1. The van der Waals surface area contributed by atoms with Gasteiger partial charge in [0.15, 0.2) is 5.78 Å². The van der Waals surface area contributed by atoms with Crippen molar-refractivity contribution in [1.29, 1.82) is 0 Å². The second-order valence-electron chi connectivity index (χ2n) is 7.50. The molecular formula is C22H23F2N3O. The van der Waals surface area contributed by atoms with Crippen molar-refractivity contribution in [3.8, 4) is 0 Å². The number of alkyl halides is 2. The number of imidazole rings is 1. The fourth-order valence-electron chi connectivity index (χ4n) is 3.91. The van der Waals surface area contributed by atoms with Crippen LogP contribution in [0.1, 0.15) is 48.2 Å². The molecule has 0 atom stereocenters. The number of ketones is 1. The Morgan fingerprint density at radius 3 is 2.54 bits per heavy atom. The van der Waals surface area contributed by atoms with Crippen LogP contribution in [0.4, 0.5) is 14.7 Å². The molecule has 4 rings (SSSR count). The largest absolute Gasteiger partial charge is 0.342 e. The summed E-state index contributed by atoms with van der Waals surface area (Å²) in [7, 11) is 0. The van der Waals surface area contributed by atoms with E-state index in [2.05, 4.69) is 4.90 Å². The monoisotopic (exact) mass is 383 g/mol. The van der Waals surface area contributed by atoms with E-state index < -0.39 is 5.92 Å². The molecule has 1 aliphatic heterocycles. The first-order valence-electron chi connectivity index (χ1n) is 9.57. The Balaban J connectivity index is 1.85. The molecule has 6 heteroatoms. The molecule has 2 aromatic carbocycles. The van der Waals surface area contributed by atoms with E-state index in [4.69, 9.17) is 4.98 Å². The maximum absolute atomic E-state index is 14.1. The third-order valence-corrected chi connectivity index (χ3v) is 5.34. The van der Waals surface area contributed by atoms with Crippen molar-refractivity contribution in [3.63, 3.8) is 0 Å². The number of carbonyl (C=O) groups is 1. The van der Waals surface area contributed by atoms with Crippen LogP contribution in [0.3, 0.4) is 0 Å². The fraction of sp³-hybridized carbons (Fsp3) is 0.364.